The van der Waals surface area contributed by atoms with Crippen LogP contribution in [0.1, 0.15) is 29.6 Å². The Morgan fingerprint density at radius 3 is 2.79 bits per heavy atom. The maximum absolute atomic E-state index is 12.3. The molecule has 1 atom stereocenters. The largest absolute Gasteiger partial charge is 0.463 e. The highest BCUT2D eigenvalue weighted by molar-refractivity contribution is 5.91. The molecule has 0 aliphatic carbocycles. The molecule has 2 heterocycles. The fourth-order valence-electron chi connectivity index (χ4n) is 2.91. The number of hydrogen-bond acceptors (Lipinski definition) is 3. The average molecular weight is 326 g/mol. The molecule has 1 aromatic carbocycles. The first kappa shape index (κ1) is 16.3. The van der Waals surface area contributed by atoms with Crippen molar-refractivity contribution in [2.24, 2.45) is 0 Å². The van der Waals surface area contributed by atoms with Crippen molar-refractivity contribution in [1.82, 2.24) is 10.3 Å². The molecule has 0 fully saturated rings. The second-order valence-electron chi connectivity index (χ2n) is 6.45. The van der Waals surface area contributed by atoms with Crippen LogP contribution < -0.4 is 5.32 Å². The fourth-order valence-corrected chi connectivity index (χ4v) is 2.91. The molecule has 24 heavy (non-hydrogen) atoms. The third kappa shape index (κ3) is 3.21. The second kappa shape index (κ2) is 6.17. The van der Waals surface area contributed by atoms with Crippen LogP contribution in [0.5, 0.6) is 0 Å². The van der Waals surface area contributed by atoms with Gasteiger partial charge in [-0.05, 0) is 50.1 Å². The average Bonchev–Trinajstić information content (AvgIpc) is 3.13. The summed E-state index contributed by atoms with van der Waals surface area (Å²) in [5, 5.41) is 14.3. The van der Waals surface area contributed by atoms with Gasteiger partial charge in [-0.15, -0.1) is 0 Å². The lowest BCUT2D eigenvalue weighted by molar-refractivity contribution is -0.121. The number of nitrogens with one attached hydrogen (secondary N) is 2. The molecule has 0 spiro atoms. The molecule has 0 aliphatic rings. The number of aliphatic hydroxyl groups is 1. The van der Waals surface area contributed by atoms with E-state index in [9.17, 15) is 9.90 Å². The number of aromatic nitrogens is 1. The fraction of sp³-hybridized carbons (Fsp3) is 0.316. The van der Waals surface area contributed by atoms with Gasteiger partial charge in [0.25, 0.3) is 0 Å². The number of carbonyl (C=O) groups excluding carboxylic acids is 1. The van der Waals surface area contributed by atoms with Gasteiger partial charge in [-0.2, -0.15) is 0 Å². The number of hydrogen-bond donors (Lipinski definition) is 3. The van der Waals surface area contributed by atoms with E-state index in [4.69, 9.17) is 4.42 Å². The molecule has 126 valence electrons. The normalized spacial score (nSPS) is 13.8. The Kier molecular flexibility index (Phi) is 4.20. The van der Waals surface area contributed by atoms with Crippen molar-refractivity contribution in [2.45, 2.75) is 32.8 Å². The van der Waals surface area contributed by atoms with Crippen LogP contribution in [0.25, 0.3) is 10.9 Å². The van der Waals surface area contributed by atoms with Gasteiger partial charge >= 0.3 is 0 Å². The SMILES string of the molecule is Cc1ccc(C(C)(O)CNC(=O)Cc2c[nH]c3cccc(C)c23)o1. The monoisotopic (exact) mass is 326 g/mol. The van der Waals surface area contributed by atoms with Crippen LogP contribution >= 0.6 is 0 Å². The number of aryl methyl sites for hydroxylation is 2. The summed E-state index contributed by atoms with van der Waals surface area (Å²) < 4.78 is 5.45. The van der Waals surface area contributed by atoms with Gasteiger partial charge < -0.3 is 19.8 Å². The summed E-state index contributed by atoms with van der Waals surface area (Å²) in [7, 11) is 0. The van der Waals surface area contributed by atoms with Gasteiger partial charge in [-0.25, -0.2) is 0 Å². The molecule has 0 aliphatic heterocycles. The minimum atomic E-state index is -1.24. The minimum Gasteiger partial charge on any atom is -0.463 e. The zero-order valence-corrected chi connectivity index (χ0v) is 14.1. The van der Waals surface area contributed by atoms with E-state index in [1.54, 1.807) is 19.1 Å². The van der Waals surface area contributed by atoms with Crippen LogP contribution in [-0.2, 0) is 16.8 Å². The third-order valence-electron chi connectivity index (χ3n) is 4.25. The first-order chi connectivity index (χ1) is 11.4. The van der Waals surface area contributed by atoms with Gasteiger partial charge in [0, 0.05) is 17.1 Å². The van der Waals surface area contributed by atoms with Crippen molar-refractivity contribution in [2.75, 3.05) is 6.54 Å². The van der Waals surface area contributed by atoms with Crippen LogP contribution in [0.4, 0.5) is 0 Å². The first-order valence-corrected chi connectivity index (χ1v) is 7.98. The van der Waals surface area contributed by atoms with Gasteiger partial charge in [0.15, 0.2) is 0 Å². The predicted octanol–water partition coefficient (Wildman–Crippen LogP) is 2.94. The number of H-pyrrole nitrogens is 1. The summed E-state index contributed by atoms with van der Waals surface area (Å²) >= 11 is 0. The Morgan fingerprint density at radius 2 is 2.08 bits per heavy atom. The molecule has 3 N–H and O–H groups in total. The quantitative estimate of drug-likeness (QED) is 0.674. The number of aromatic amines is 1. The molecule has 1 unspecified atom stereocenters. The molecular weight excluding hydrogens is 304 g/mol. The van der Waals surface area contributed by atoms with E-state index in [2.05, 4.69) is 10.3 Å². The van der Waals surface area contributed by atoms with Gasteiger partial charge in [0.2, 0.25) is 5.91 Å². The Morgan fingerprint density at radius 1 is 1.29 bits per heavy atom. The van der Waals surface area contributed by atoms with E-state index in [0.717, 1.165) is 27.8 Å². The van der Waals surface area contributed by atoms with Crippen molar-refractivity contribution in [1.29, 1.82) is 0 Å². The highest BCUT2D eigenvalue weighted by atomic mass is 16.4. The van der Waals surface area contributed by atoms with Gasteiger partial charge in [-0.1, -0.05) is 12.1 Å². The number of carbonyl (C=O) groups is 1. The van der Waals surface area contributed by atoms with Crippen molar-refractivity contribution in [3.8, 4) is 0 Å². The maximum atomic E-state index is 12.3. The van der Waals surface area contributed by atoms with Crippen molar-refractivity contribution < 1.29 is 14.3 Å². The number of fused-ring (bicyclic) bond motifs is 1. The Labute approximate surface area is 140 Å². The van der Waals surface area contributed by atoms with Crippen LogP contribution in [-0.4, -0.2) is 22.5 Å². The van der Waals surface area contributed by atoms with Crippen molar-refractivity contribution in [3.05, 3.63) is 59.2 Å². The van der Waals surface area contributed by atoms with Crippen LogP contribution in [0.2, 0.25) is 0 Å². The van der Waals surface area contributed by atoms with E-state index in [0.29, 0.717) is 5.76 Å². The Hall–Kier alpha value is -2.53. The highest BCUT2D eigenvalue weighted by Gasteiger charge is 2.27. The molecule has 0 radical (unpaired) electrons. The number of amides is 1. The number of benzene rings is 1. The lowest BCUT2D eigenvalue weighted by Crippen LogP contribution is -2.39. The molecule has 3 rings (SSSR count). The Balaban J connectivity index is 1.67. The van der Waals surface area contributed by atoms with Crippen molar-refractivity contribution in [3.63, 3.8) is 0 Å². The second-order valence-corrected chi connectivity index (χ2v) is 6.45. The zero-order valence-electron chi connectivity index (χ0n) is 14.1. The molecule has 0 bridgehead atoms. The Bertz CT molecular complexity index is 874. The van der Waals surface area contributed by atoms with Crippen LogP contribution in [0.15, 0.2) is 40.9 Å². The smallest absolute Gasteiger partial charge is 0.224 e. The number of furan rings is 1. The topological polar surface area (TPSA) is 78.3 Å². The number of rotatable bonds is 5. The van der Waals surface area contributed by atoms with E-state index in [-0.39, 0.29) is 18.9 Å². The van der Waals surface area contributed by atoms with Gasteiger partial charge in [-0.3, -0.25) is 4.79 Å². The standard InChI is InChI=1S/C19H22N2O3/c1-12-5-4-6-15-18(12)14(10-20-15)9-17(22)21-11-19(3,23)16-8-7-13(2)24-16/h4-8,10,20,23H,9,11H2,1-3H3,(H,21,22). The summed E-state index contributed by atoms with van der Waals surface area (Å²) in [6.45, 7) is 5.57. The molecule has 1 amide bonds. The molecule has 2 aromatic heterocycles. The molecular formula is C19H22N2O3. The van der Waals surface area contributed by atoms with Gasteiger partial charge in [0.05, 0.1) is 13.0 Å². The molecule has 0 saturated carbocycles. The summed E-state index contributed by atoms with van der Waals surface area (Å²) in [5.74, 6) is 1.04. The first-order valence-electron chi connectivity index (χ1n) is 7.98. The van der Waals surface area contributed by atoms with Gasteiger partial charge in [0.1, 0.15) is 17.1 Å². The molecule has 0 saturated heterocycles. The predicted molar refractivity (Wildman–Crippen MR) is 92.8 cm³/mol. The maximum Gasteiger partial charge on any atom is 0.224 e. The van der Waals surface area contributed by atoms with E-state index in [1.165, 1.54) is 0 Å². The van der Waals surface area contributed by atoms with Crippen LogP contribution in [0.3, 0.4) is 0 Å². The minimum absolute atomic E-state index is 0.0973. The van der Waals surface area contributed by atoms with Crippen molar-refractivity contribution >= 4 is 16.8 Å². The van der Waals surface area contributed by atoms with E-state index >= 15 is 0 Å². The van der Waals surface area contributed by atoms with E-state index < -0.39 is 5.60 Å². The third-order valence-corrected chi connectivity index (χ3v) is 4.25. The molecule has 5 heteroatoms. The zero-order chi connectivity index (χ0) is 17.3. The summed E-state index contributed by atoms with van der Waals surface area (Å²) in [6.07, 6.45) is 2.13. The van der Waals surface area contributed by atoms with E-state index in [1.807, 2.05) is 38.2 Å². The summed E-state index contributed by atoms with van der Waals surface area (Å²) in [6, 6.07) is 9.53. The molecule has 5 nitrogen and oxygen atoms in total. The summed E-state index contributed by atoms with van der Waals surface area (Å²) in [4.78, 5) is 15.5. The van der Waals surface area contributed by atoms with Crippen LogP contribution in [0, 0.1) is 13.8 Å². The lowest BCUT2D eigenvalue weighted by atomic mass is 10.0. The highest BCUT2D eigenvalue weighted by Crippen LogP contribution is 2.23. The lowest BCUT2D eigenvalue weighted by Gasteiger charge is -2.21. The summed E-state index contributed by atoms with van der Waals surface area (Å²) in [5.41, 5.74) is 1.87. The molecule has 3 aromatic rings.